The number of carbonyl (C=O) groups is 2. The van der Waals surface area contributed by atoms with Gasteiger partial charge >= 0.3 is 5.97 Å². The van der Waals surface area contributed by atoms with E-state index in [1.54, 1.807) is 6.92 Å². The van der Waals surface area contributed by atoms with Crippen molar-refractivity contribution >= 4 is 11.8 Å². The van der Waals surface area contributed by atoms with Gasteiger partial charge in [-0.1, -0.05) is 53.2 Å². The van der Waals surface area contributed by atoms with Gasteiger partial charge in [-0.3, -0.25) is 4.79 Å². The molecule has 4 aliphatic rings. The summed E-state index contributed by atoms with van der Waals surface area (Å²) in [5.41, 5.74) is 2.82. The van der Waals surface area contributed by atoms with Crippen molar-refractivity contribution in [3.05, 3.63) is 22.8 Å². The topological polar surface area (TPSA) is 74.6 Å². The van der Waals surface area contributed by atoms with E-state index in [9.17, 15) is 14.7 Å². The molecule has 4 rings (SSSR count). The van der Waals surface area contributed by atoms with E-state index in [0.29, 0.717) is 29.6 Å². The number of Topliss-reactive ketones (excluding diaryl/α,β-unsaturated/α-hetero) is 1. The van der Waals surface area contributed by atoms with E-state index in [2.05, 4.69) is 41.5 Å². The average Bonchev–Trinajstić information content (AvgIpc) is 3.04. The molecule has 0 aliphatic heterocycles. The Kier molecular flexibility index (Phi) is 6.28. The molecule has 190 valence electrons. The second-order valence-corrected chi connectivity index (χ2v) is 13.5. The summed E-state index contributed by atoms with van der Waals surface area (Å²) >= 11 is 0. The summed E-state index contributed by atoms with van der Waals surface area (Å²) < 4.78 is 0. The van der Waals surface area contributed by atoms with Crippen LogP contribution in [0.5, 0.6) is 0 Å². The molecule has 2 N–H and O–H groups in total. The van der Waals surface area contributed by atoms with Crippen molar-refractivity contribution in [1.82, 2.24) is 0 Å². The highest BCUT2D eigenvalue weighted by atomic mass is 16.4. The molecule has 0 saturated heterocycles. The molecule has 2 fully saturated rings. The van der Waals surface area contributed by atoms with Gasteiger partial charge in [-0.05, 0) is 92.3 Å². The number of carboxylic acid groups (broad SMARTS) is 1. The van der Waals surface area contributed by atoms with Crippen molar-refractivity contribution in [1.29, 1.82) is 0 Å². The average molecular weight is 471 g/mol. The fraction of sp³-hybridized carbons (Fsp3) is 0.800. The number of aliphatic carboxylic acids is 1. The van der Waals surface area contributed by atoms with Crippen molar-refractivity contribution in [3.8, 4) is 0 Å². The lowest BCUT2D eigenvalue weighted by molar-refractivity contribution is -0.134. The first-order chi connectivity index (χ1) is 15.7. The summed E-state index contributed by atoms with van der Waals surface area (Å²) in [5.74, 6) is 0.774. The van der Waals surface area contributed by atoms with Gasteiger partial charge in [0.05, 0.1) is 6.10 Å². The molecule has 0 bridgehead atoms. The quantitative estimate of drug-likeness (QED) is 0.437. The fourth-order valence-corrected chi connectivity index (χ4v) is 9.16. The van der Waals surface area contributed by atoms with E-state index in [4.69, 9.17) is 5.11 Å². The van der Waals surface area contributed by atoms with Gasteiger partial charge in [0.25, 0.3) is 0 Å². The molecule has 4 heteroatoms. The Morgan fingerprint density at radius 2 is 1.79 bits per heavy atom. The van der Waals surface area contributed by atoms with E-state index in [1.807, 2.05) is 6.08 Å². The zero-order valence-corrected chi connectivity index (χ0v) is 22.5. The summed E-state index contributed by atoms with van der Waals surface area (Å²) in [6, 6.07) is 0. The van der Waals surface area contributed by atoms with E-state index in [-0.39, 0.29) is 33.7 Å². The lowest BCUT2D eigenvalue weighted by atomic mass is 9.43. The van der Waals surface area contributed by atoms with Crippen molar-refractivity contribution in [3.63, 3.8) is 0 Å². The van der Waals surface area contributed by atoms with Crippen LogP contribution < -0.4 is 0 Å². The molecule has 0 aromatic rings. The predicted molar refractivity (Wildman–Crippen MR) is 135 cm³/mol. The zero-order valence-electron chi connectivity index (χ0n) is 22.5. The smallest absolute Gasteiger partial charge is 0.330 e. The normalized spacial score (nSPS) is 42.6. The number of rotatable bonds is 5. The van der Waals surface area contributed by atoms with Crippen LogP contribution in [-0.4, -0.2) is 28.1 Å². The van der Waals surface area contributed by atoms with Gasteiger partial charge in [0.2, 0.25) is 0 Å². The molecule has 0 spiro atoms. The Hall–Kier alpha value is -1.42. The molecule has 0 heterocycles. The molecule has 0 aromatic heterocycles. The fourth-order valence-electron chi connectivity index (χ4n) is 9.16. The second-order valence-electron chi connectivity index (χ2n) is 13.5. The predicted octanol–water partition coefficient (Wildman–Crippen LogP) is 6.72. The Morgan fingerprint density at radius 1 is 1.12 bits per heavy atom. The third kappa shape index (κ3) is 3.49. The number of aliphatic hydroxyl groups is 1. The first-order valence-electron chi connectivity index (χ1n) is 13.6. The largest absolute Gasteiger partial charge is 0.478 e. The Bertz CT molecular complexity index is 941. The number of hydrogen-bond acceptors (Lipinski definition) is 3. The van der Waals surface area contributed by atoms with Gasteiger partial charge in [0.15, 0.2) is 5.78 Å². The molecular weight excluding hydrogens is 424 g/mol. The summed E-state index contributed by atoms with van der Waals surface area (Å²) in [4.78, 5) is 25.0. The summed E-state index contributed by atoms with van der Waals surface area (Å²) in [7, 11) is 0. The van der Waals surface area contributed by atoms with Crippen LogP contribution in [0.15, 0.2) is 22.8 Å². The van der Waals surface area contributed by atoms with Crippen molar-refractivity contribution in [2.75, 3.05) is 0 Å². The van der Waals surface area contributed by atoms with Crippen LogP contribution in [0, 0.1) is 39.4 Å². The van der Waals surface area contributed by atoms with Crippen LogP contribution in [0.25, 0.3) is 0 Å². The highest BCUT2D eigenvalue weighted by molar-refractivity contribution is 5.99. The number of aliphatic hydroxyl groups excluding tert-OH is 1. The molecule has 4 nitrogen and oxygen atoms in total. The first-order valence-corrected chi connectivity index (χ1v) is 13.6. The molecule has 4 aliphatic carbocycles. The van der Waals surface area contributed by atoms with E-state index >= 15 is 0 Å². The van der Waals surface area contributed by atoms with Gasteiger partial charge < -0.3 is 10.2 Å². The molecule has 34 heavy (non-hydrogen) atoms. The molecule has 0 aromatic carbocycles. The van der Waals surface area contributed by atoms with Crippen LogP contribution in [0.4, 0.5) is 0 Å². The minimum atomic E-state index is -0.833. The van der Waals surface area contributed by atoms with Crippen LogP contribution in [-0.2, 0) is 9.59 Å². The lowest BCUT2D eigenvalue weighted by Crippen LogP contribution is -2.57. The Balaban J connectivity index is 1.65. The van der Waals surface area contributed by atoms with Gasteiger partial charge in [0.1, 0.15) is 0 Å². The first kappa shape index (κ1) is 25.7. The van der Waals surface area contributed by atoms with Crippen molar-refractivity contribution < 1.29 is 19.8 Å². The number of ketones is 1. The third-order valence-corrected chi connectivity index (χ3v) is 11.7. The van der Waals surface area contributed by atoms with Crippen LogP contribution in [0.1, 0.15) is 106 Å². The van der Waals surface area contributed by atoms with Gasteiger partial charge in [-0.25, -0.2) is 4.79 Å². The second kappa shape index (κ2) is 8.32. The lowest BCUT2D eigenvalue weighted by Gasteiger charge is -2.61. The van der Waals surface area contributed by atoms with Crippen molar-refractivity contribution in [2.24, 2.45) is 39.4 Å². The number of carboxylic acids is 1. The number of hydrogen-bond donors (Lipinski definition) is 2. The van der Waals surface area contributed by atoms with Crippen molar-refractivity contribution in [2.45, 2.75) is 112 Å². The van der Waals surface area contributed by atoms with Crippen LogP contribution >= 0.6 is 0 Å². The molecule has 0 amide bonds. The van der Waals surface area contributed by atoms with E-state index in [0.717, 1.165) is 51.4 Å². The maximum Gasteiger partial charge on any atom is 0.330 e. The standard InChI is InChI=1S/C30H46O4/c1-18(9-8-10-19(2)26(33)34)20-11-16-30(7)25-21(12-15-29(20,30)6)28(5)14-13-24(32)27(3,4)23(28)17-22(25)31/h10,18,20,23-24,32H,8-9,11-17H2,1-7H3,(H,33,34)/b19-10+/t18-,20-,23?,24+,28-,29-,30+/m1/s1. The Morgan fingerprint density at radius 3 is 2.44 bits per heavy atom. The third-order valence-electron chi connectivity index (χ3n) is 11.7. The molecule has 7 atom stereocenters. The maximum absolute atomic E-state index is 13.9. The SMILES string of the molecule is C/C(=C\CC[C@@H](C)[C@H]1CC[C@@]2(C)C3=C(CC[C@]12C)[C@@]1(C)CC[C@H](O)C(C)(C)C1CC3=O)C(=O)O. The zero-order chi connectivity index (χ0) is 25.3. The van der Waals surface area contributed by atoms with Gasteiger partial charge in [0, 0.05) is 23.0 Å². The summed E-state index contributed by atoms with van der Waals surface area (Å²) in [5, 5.41) is 19.9. The number of allylic oxidation sites excluding steroid dienone is 3. The van der Waals surface area contributed by atoms with Crippen LogP contribution in [0.2, 0.25) is 0 Å². The number of fused-ring (bicyclic) bond motifs is 4. The van der Waals surface area contributed by atoms with E-state index < -0.39 is 5.97 Å². The molecular formula is C30H46O4. The summed E-state index contributed by atoms with van der Waals surface area (Å²) in [6.45, 7) is 15.6. The molecule has 0 radical (unpaired) electrons. The molecule has 2 saturated carbocycles. The minimum absolute atomic E-state index is 0.0131. The van der Waals surface area contributed by atoms with E-state index in [1.165, 1.54) is 11.1 Å². The van der Waals surface area contributed by atoms with Gasteiger partial charge in [-0.2, -0.15) is 0 Å². The maximum atomic E-state index is 13.9. The highest BCUT2D eigenvalue weighted by Crippen LogP contribution is 2.71. The monoisotopic (exact) mass is 470 g/mol. The number of carbonyl (C=O) groups excluding carboxylic acids is 1. The highest BCUT2D eigenvalue weighted by Gasteiger charge is 2.65. The van der Waals surface area contributed by atoms with Crippen LogP contribution in [0.3, 0.4) is 0 Å². The summed E-state index contributed by atoms with van der Waals surface area (Å²) in [6.07, 6.45) is 10.0. The van der Waals surface area contributed by atoms with Gasteiger partial charge in [-0.15, -0.1) is 0 Å². The molecule has 1 unspecified atom stereocenters. The Labute approximate surface area is 206 Å². The minimum Gasteiger partial charge on any atom is -0.478 e.